The molecule has 2 aromatic rings. The Balaban J connectivity index is 2.20. The minimum atomic E-state index is 0.408. The fourth-order valence-electron chi connectivity index (χ4n) is 2.19. The summed E-state index contributed by atoms with van der Waals surface area (Å²) in [5.74, 6) is 1.21. The molecule has 0 unspecified atom stereocenters. The highest BCUT2D eigenvalue weighted by atomic mass is 79.9. The van der Waals surface area contributed by atoms with E-state index < -0.39 is 0 Å². The topological polar surface area (TPSA) is 39.1 Å². The fraction of sp³-hybridized carbons (Fsp3) is 0.400. The molecule has 0 saturated heterocycles. The zero-order chi connectivity index (χ0) is 15.6. The van der Waals surface area contributed by atoms with Gasteiger partial charge in [-0.3, -0.25) is 4.68 Å². The smallest absolute Gasteiger partial charge is 0.135 e. The molecular formula is C15H19Br2N3O. The van der Waals surface area contributed by atoms with Crippen molar-refractivity contribution in [3.05, 3.63) is 38.5 Å². The number of halogens is 2. The second-order valence-electron chi connectivity index (χ2n) is 5.19. The van der Waals surface area contributed by atoms with Gasteiger partial charge in [-0.05, 0) is 43.8 Å². The van der Waals surface area contributed by atoms with Gasteiger partial charge in [-0.15, -0.1) is 0 Å². The molecule has 0 bridgehead atoms. The lowest BCUT2D eigenvalue weighted by atomic mass is 10.1. The first-order chi connectivity index (χ1) is 9.92. The van der Waals surface area contributed by atoms with Gasteiger partial charge in [0.1, 0.15) is 5.75 Å². The van der Waals surface area contributed by atoms with Crippen molar-refractivity contribution in [2.24, 2.45) is 7.05 Å². The number of methoxy groups -OCH3 is 1. The highest BCUT2D eigenvalue weighted by Crippen LogP contribution is 2.35. The number of rotatable bonds is 5. The molecule has 0 radical (unpaired) electrons. The molecule has 0 aliphatic rings. The molecule has 0 amide bonds. The van der Waals surface area contributed by atoms with Gasteiger partial charge in [0.15, 0.2) is 0 Å². The van der Waals surface area contributed by atoms with E-state index in [0.717, 1.165) is 32.6 Å². The molecule has 1 heterocycles. The molecule has 1 N–H and O–H groups in total. The van der Waals surface area contributed by atoms with Crippen LogP contribution in [0, 0.1) is 0 Å². The van der Waals surface area contributed by atoms with Crippen LogP contribution in [0.3, 0.4) is 0 Å². The summed E-state index contributed by atoms with van der Waals surface area (Å²) in [6, 6.07) is 3.95. The number of aromatic nitrogens is 2. The number of anilines is 1. The summed E-state index contributed by atoms with van der Waals surface area (Å²) >= 11 is 7.04. The zero-order valence-electron chi connectivity index (χ0n) is 12.6. The first kappa shape index (κ1) is 16.4. The van der Waals surface area contributed by atoms with Crippen molar-refractivity contribution >= 4 is 37.5 Å². The molecule has 114 valence electrons. The summed E-state index contributed by atoms with van der Waals surface area (Å²) in [7, 11) is 3.61. The Morgan fingerprint density at radius 3 is 2.62 bits per heavy atom. The molecule has 0 atom stereocenters. The molecule has 1 aromatic heterocycles. The molecule has 0 saturated carbocycles. The van der Waals surface area contributed by atoms with Crippen LogP contribution in [0.1, 0.15) is 31.0 Å². The highest BCUT2D eigenvalue weighted by Gasteiger charge is 2.12. The van der Waals surface area contributed by atoms with Crippen molar-refractivity contribution < 1.29 is 4.74 Å². The first-order valence-corrected chi connectivity index (χ1v) is 8.30. The number of hydrogen-bond acceptors (Lipinski definition) is 3. The van der Waals surface area contributed by atoms with Crippen molar-refractivity contribution in [3.8, 4) is 5.75 Å². The Morgan fingerprint density at radius 1 is 1.29 bits per heavy atom. The van der Waals surface area contributed by atoms with E-state index in [1.807, 2.05) is 23.9 Å². The summed E-state index contributed by atoms with van der Waals surface area (Å²) in [6.07, 6.45) is 2.06. The summed E-state index contributed by atoms with van der Waals surface area (Å²) in [5, 5.41) is 7.96. The van der Waals surface area contributed by atoms with Crippen LogP contribution in [0.25, 0.3) is 0 Å². The van der Waals surface area contributed by atoms with E-state index >= 15 is 0 Å². The number of aryl methyl sites for hydroxylation is 1. The SMILES string of the molecule is COc1cc(NCc2cn(C)nc2C(C)C)c(Br)cc1Br. The van der Waals surface area contributed by atoms with Gasteiger partial charge in [-0.2, -0.15) is 5.10 Å². The standard InChI is InChI=1S/C15H19Br2N3O/c1-9(2)15-10(8-20(3)19-15)7-18-13-6-14(21-4)12(17)5-11(13)16/h5-6,8-9,18H,7H2,1-4H3. The van der Waals surface area contributed by atoms with Crippen LogP contribution in [-0.2, 0) is 13.6 Å². The van der Waals surface area contributed by atoms with E-state index in [2.05, 4.69) is 62.3 Å². The van der Waals surface area contributed by atoms with Crippen molar-refractivity contribution in [3.63, 3.8) is 0 Å². The summed E-state index contributed by atoms with van der Waals surface area (Å²) in [4.78, 5) is 0. The molecule has 6 heteroatoms. The maximum atomic E-state index is 5.33. The maximum Gasteiger partial charge on any atom is 0.135 e. The van der Waals surface area contributed by atoms with Crippen LogP contribution in [0.4, 0.5) is 5.69 Å². The van der Waals surface area contributed by atoms with Gasteiger partial charge in [0.25, 0.3) is 0 Å². The number of benzene rings is 1. The third kappa shape index (κ3) is 3.80. The highest BCUT2D eigenvalue weighted by molar-refractivity contribution is 9.11. The summed E-state index contributed by atoms with van der Waals surface area (Å²) in [6.45, 7) is 5.04. The van der Waals surface area contributed by atoms with Crippen LogP contribution >= 0.6 is 31.9 Å². The number of ether oxygens (including phenoxy) is 1. The third-order valence-corrected chi connectivity index (χ3v) is 4.47. The summed E-state index contributed by atoms with van der Waals surface area (Å²) in [5.41, 5.74) is 3.33. The Morgan fingerprint density at radius 2 is 2.00 bits per heavy atom. The summed E-state index contributed by atoms with van der Waals surface area (Å²) < 4.78 is 9.11. The van der Waals surface area contributed by atoms with E-state index in [-0.39, 0.29) is 0 Å². The largest absolute Gasteiger partial charge is 0.495 e. The van der Waals surface area contributed by atoms with Crippen LogP contribution in [0.5, 0.6) is 5.75 Å². The van der Waals surface area contributed by atoms with Crippen LogP contribution in [-0.4, -0.2) is 16.9 Å². The number of nitrogens with zero attached hydrogens (tertiary/aromatic N) is 2. The predicted octanol–water partition coefficient (Wildman–Crippen LogP) is 4.69. The molecule has 4 nitrogen and oxygen atoms in total. The molecule has 0 fully saturated rings. The van der Waals surface area contributed by atoms with Gasteiger partial charge in [-0.25, -0.2) is 0 Å². The lowest BCUT2D eigenvalue weighted by Gasteiger charge is -2.12. The first-order valence-electron chi connectivity index (χ1n) is 6.71. The molecule has 0 aliphatic heterocycles. The Bertz CT molecular complexity index is 638. The Kier molecular flexibility index (Phi) is 5.32. The number of nitrogens with one attached hydrogen (secondary N) is 1. The Labute approximate surface area is 142 Å². The average Bonchev–Trinajstić information content (AvgIpc) is 2.79. The van der Waals surface area contributed by atoms with E-state index in [4.69, 9.17) is 4.74 Å². The molecule has 1 aromatic carbocycles. The second kappa shape index (κ2) is 6.83. The molecule has 0 aliphatic carbocycles. The third-order valence-electron chi connectivity index (χ3n) is 3.19. The average molecular weight is 417 g/mol. The zero-order valence-corrected chi connectivity index (χ0v) is 15.7. The minimum absolute atomic E-state index is 0.408. The monoisotopic (exact) mass is 415 g/mol. The second-order valence-corrected chi connectivity index (χ2v) is 6.90. The lowest BCUT2D eigenvalue weighted by Crippen LogP contribution is -2.03. The van der Waals surface area contributed by atoms with E-state index in [0.29, 0.717) is 5.92 Å². The molecular weight excluding hydrogens is 398 g/mol. The lowest BCUT2D eigenvalue weighted by molar-refractivity contribution is 0.412. The molecule has 0 spiro atoms. The molecule has 2 rings (SSSR count). The van der Waals surface area contributed by atoms with Gasteiger partial charge in [0, 0.05) is 35.9 Å². The van der Waals surface area contributed by atoms with Crippen molar-refractivity contribution in [1.82, 2.24) is 9.78 Å². The maximum absolute atomic E-state index is 5.33. The normalized spacial score (nSPS) is 11.0. The van der Waals surface area contributed by atoms with Gasteiger partial charge in [0.2, 0.25) is 0 Å². The van der Waals surface area contributed by atoms with E-state index in [1.54, 1.807) is 7.11 Å². The van der Waals surface area contributed by atoms with Crippen LogP contribution in [0.15, 0.2) is 27.3 Å². The number of hydrogen-bond donors (Lipinski definition) is 1. The van der Waals surface area contributed by atoms with Crippen LogP contribution < -0.4 is 10.1 Å². The van der Waals surface area contributed by atoms with Crippen molar-refractivity contribution in [2.45, 2.75) is 26.3 Å². The van der Waals surface area contributed by atoms with Crippen molar-refractivity contribution in [2.75, 3.05) is 12.4 Å². The van der Waals surface area contributed by atoms with Gasteiger partial charge in [-0.1, -0.05) is 13.8 Å². The van der Waals surface area contributed by atoms with E-state index in [9.17, 15) is 0 Å². The van der Waals surface area contributed by atoms with E-state index in [1.165, 1.54) is 5.56 Å². The fourth-order valence-corrected chi connectivity index (χ4v) is 3.48. The Hall–Kier alpha value is -1.01. The van der Waals surface area contributed by atoms with Crippen LogP contribution in [0.2, 0.25) is 0 Å². The minimum Gasteiger partial charge on any atom is -0.495 e. The van der Waals surface area contributed by atoms with Gasteiger partial charge < -0.3 is 10.1 Å². The van der Waals surface area contributed by atoms with Gasteiger partial charge in [0.05, 0.1) is 23.0 Å². The van der Waals surface area contributed by atoms with Gasteiger partial charge >= 0.3 is 0 Å². The predicted molar refractivity (Wildman–Crippen MR) is 93.0 cm³/mol. The molecule has 21 heavy (non-hydrogen) atoms. The van der Waals surface area contributed by atoms with Crippen molar-refractivity contribution in [1.29, 1.82) is 0 Å². The quantitative estimate of drug-likeness (QED) is 0.768.